The Labute approximate surface area is 517 Å². The third-order valence-electron chi connectivity index (χ3n) is 18.7. The van der Waals surface area contributed by atoms with Gasteiger partial charge in [0.15, 0.2) is 5.82 Å². The fourth-order valence-electron chi connectivity index (χ4n) is 14.7. The molecule has 0 saturated carbocycles. The van der Waals surface area contributed by atoms with Crippen LogP contribution in [0.4, 0.5) is 0 Å². The van der Waals surface area contributed by atoms with Crippen LogP contribution in [0.1, 0.15) is 0 Å². The molecule has 0 aliphatic carbocycles. The second kappa shape index (κ2) is 19.7. The fourth-order valence-corrected chi connectivity index (χ4v) is 14.7. The first-order valence-electron chi connectivity index (χ1n) is 30.8. The largest absolute Gasteiger partial charge is 0.309 e. The number of nitrogens with zero attached hydrogens (tertiary/aromatic N) is 6. The number of benzene rings is 14. The van der Waals surface area contributed by atoms with Gasteiger partial charge in [0.1, 0.15) is 0 Å². The SMILES string of the molecule is c1ccc(-c2nc(-c3cc(-n4c5ccccc5c5cc(-c6ccc7c(c6)c6ccccc6n7-c6ccccc6)ccc54)cc(-n4c5ccccc5c5cc(-c6ccc7c(c6)c6ccccc6n7-c6ccccc6)ccc54)c3)c3ccc4ccccc4c3n2)cc1. The molecule has 19 aromatic rings. The monoisotopic (exact) mass is 1140 g/mol. The highest BCUT2D eigenvalue weighted by molar-refractivity contribution is 6.16. The summed E-state index contributed by atoms with van der Waals surface area (Å²) in [6, 6.07) is 115. The molecule has 14 aromatic carbocycles. The minimum Gasteiger partial charge on any atom is -0.309 e. The summed E-state index contributed by atoms with van der Waals surface area (Å²) in [6.45, 7) is 0. The van der Waals surface area contributed by atoms with Gasteiger partial charge in [0.2, 0.25) is 0 Å². The van der Waals surface area contributed by atoms with Gasteiger partial charge in [-0.1, -0.05) is 194 Å². The van der Waals surface area contributed by atoms with Crippen LogP contribution in [0.25, 0.3) is 177 Å². The van der Waals surface area contributed by atoms with Crippen molar-refractivity contribution in [2.75, 3.05) is 0 Å². The van der Waals surface area contributed by atoms with E-state index >= 15 is 0 Å². The molecule has 0 unspecified atom stereocenters. The van der Waals surface area contributed by atoms with E-state index in [4.69, 9.17) is 9.97 Å². The van der Waals surface area contributed by atoms with Gasteiger partial charge in [-0.25, -0.2) is 9.97 Å². The Morgan fingerprint density at radius 3 is 0.956 bits per heavy atom. The maximum absolute atomic E-state index is 5.62. The van der Waals surface area contributed by atoms with Crippen molar-refractivity contribution >= 4 is 109 Å². The number of hydrogen-bond donors (Lipinski definition) is 0. The lowest BCUT2D eigenvalue weighted by molar-refractivity contribution is 1.13. The van der Waals surface area contributed by atoms with E-state index in [1.54, 1.807) is 0 Å². The Balaban J connectivity index is 0.834. The van der Waals surface area contributed by atoms with Crippen molar-refractivity contribution in [3.8, 4) is 67.6 Å². The molecular formula is C84H52N6. The normalized spacial score (nSPS) is 12.0. The third-order valence-corrected chi connectivity index (χ3v) is 18.7. The summed E-state index contributed by atoms with van der Waals surface area (Å²) in [5.74, 6) is 0.681. The second-order valence-corrected chi connectivity index (χ2v) is 23.7. The van der Waals surface area contributed by atoms with Crippen molar-refractivity contribution in [3.05, 3.63) is 315 Å². The first kappa shape index (κ1) is 50.1. The topological polar surface area (TPSA) is 45.5 Å². The maximum atomic E-state index is 5.62. The van der Waals surface area contributed by atoms with Gasteiger partial charge in [-0.05, 0) is 149 Å². The number of para-hydroxylation sites is 6. The van der Waals surface area contributed by atoms with Gasteiger partial charge in [0, 0.05) is 87.7 Å². The summed E-state index contributed by atoms with van der Waals surface area (Å²) >= 11 is 0. The number of rotatable bonds is 8. The molecule has 6 nitrogen and oxygen atoms in total. The van der Waals surface area contributed by atoms with Crippen molar-refractivity contribution in [2.45, 2.75) is 0 Å². The summed E-state index contributed by atoms with van der Waals surface area (Å²) in [4.78, 5) is 11.0. The lowest BCUT2D eigenvalue weighted by Gasteiger charge is -2.17. The van der Waals surface area contributed by atoms with Gasteiger partial charge in [-0.2, -0.15) is 0 Å². The molecule has 0 aliphatic heterocycles. The summed E-state index contributed by atoms with van der Waals surface area (Å²) in [6.07, 6.45) is 0. The molecule has 5 heterocycles. The van der Waals surface area contributed by atoms with Gasteiger partial charge >= 0.3 is 0 Å². The van der Waals surface area contributed by atoms with E-state index in [0.29, 0.717) is 5.82 Å². The Bertz CT molecular complexity index is 5850. The quantitative estimate of drug-likeness (QED) is 0.142. The van der Waals surface area contributed by atoms with Crippen LogP contribution in [-0.2, 0) is 0 Å². The molecule has 0 bridgehead atoms. The zero-order valence-corrected chi connectivity index (χ0v) is 48.7. The van der Waals surface area contributed by atoms with Crippen LogP contribution in [0.5, 0.6) is 0 Å². The standard InChI is InChI=1S/C84H52N6/c1-4-21-54(22-5-1)84-85-82(69-41-36-53-20-10-11-27-64(53)83(69)86-84)59-46-62(89-76-34-18-14-30-67(76)72-50-57(39-44-80(72)89)55-37-42-78-70(48-55)65-28-12-16-32-74(65)87(78)60-23-6-2-7-24-60)52-63(47-59)90-77-35-19-15-31-68(77)73-51-58(40-45-81(73)90)56-38-43-79-71(49-56)66-29-13-17-33-75(66)88(79)61-25-8-3-9-26-61/h1-52H. The van der Waals surface area contributed by atoms with Crippen LogP contribution in [0, 0.1) is 0 Å². The van der Waals surface area contributed by atoms with Crippen molar-refractivity contribution < 1.29 is 0 Å². The van der Waals surface area contributed by atoms with E-state index in [1.807, 2.05) is 0 Å². The van der Waals surface area contributed by atoms with Crippen LogP contribution in [0.15, 0.2) is 315 Å². The summed E-state index contributed by atoms with van der Waals surface area (Å²) < 4.78 is 9.69. The molecule has 0 amide bonds. The zero-order chi connectivity index (χ0) is 59.0. The van der Waals surface area contributed by atoms with Crippen LogP contribution in [-0.4, -0.2) is 28.2 Å². The average Bonchev–Trinajstić information content (AvgIpc) is 1.66. The van der Waals surface area contributed by atoms with Crippen LogP contribution >= 0.6 is 0 Å². The Kier molecular flexibility index (Phi) is 11.0. The fraction of sp³-hybridized carbons (Fsp3) is 0. The molecule has 0 fully saturated rings. The lowest BCUT2D eigenvalue weighted by atomic mass is 10.00. The molecule has 6 heteroatoms. The lowest BCUT2D eigenvalue weighted by Crippen LogP contribution is -2.02. The summed E-state index contributed by atoms with van der Waals surface area (Å²) in [5.41, 5.74) is 22.0. The Morgan fingerprint density at radius 1 is 0.189 bits per heavy atom. The zero-order valence-electron chi connectivity index (χ0n) is 48.7. The van der Waals surface area contributed by atoms with Gasteiger partial charge in [0.05, 0.1) is 55.3 Å². The van der Waals surface area contributed by atoms with Gasteiger partial charge in [0.25, 0.3) is 0 Å². The molecule has 0 aliphatic rings. The van der Waals surface area contributed by atoms with Crippen molar-refractivity contribution in [3.63, 3.8) is 0 Å². The first-order chi connectivity index (χ1) is 44.6. The van der Waals surface area contributed by atoms with Crippen LogP contribution < -0.4 is 0 Å². The number of fused-ring (bicyclic) bond motifs is 15. The van der Waals surface area contributed by atoms with Crippen molar-refractivity contribution in [2.24, 2.45) is 0 Å². The molecule has 0 spiro atoms. The minimum atomic E-state index is 0.681. The molecule has 418 valence electrons. The molecule has 0 atom stereocenters. The van der Waals surface area contributed by atoms with Gasteiger partial charge < -0.3 is 18.3 Å². The molecule has 5 aromatic heterocycles. The third kappa shape index (κ3) is 7.65. The van der Waals surface area contributed by atoms with Crippen LogP contribution in [0.2, 0.25) is 0 Å². The van der Waals surface area contributed by atoms with E-state index in [1.165, 1.54) is 76.3 Å². The van der Waals surface area contributed by atoms with E-state index < -0.39 is 0 Å². The highest BCUT2D eigenvalue weighted by Gasteiger charge is 2.23. The molecule has 0 saturated heterocycles. The molecule has 0 radical (unpaired) electrons. The minimum absolute atomic E-state index is 0.681. The molecule has 19 rings (SSSR count). The van der Waals surface area contributed by atoms with E-state index in [9.17, 15) is 0 Å². The predicted octanol–water partition coefficient (Wildman–Crippen LogP) is 21.8. The molecule has 90 heavy (non-hydrogen) atoms. The van der Waals surface area contributed by atoms with E-state index in [-0.39, 0.29) is 0 Å². The highest BCUT2D eigenvalue weighted by Crippen LogP contribution is 2.44. The van der Waals surface area contributed by atoms with Gasteiger partial charge in [-0.15, -0.1) is 0 Å². The maximum Gasteiger partial charge on any atom is 0.160 e. The van der Waals surface area contributed by atoms with Gasteiger partial charge in [-0.3, -0.25) is 0 Å². The molecular weight excluding hydrogens is 1090 g/mol. The smallest absolute Gasteiger partial charge is 0.160 e. The Hall–Kier alpha value is -12.1. The average molecular weight is 1150 g/mol. The first-order valence-corrected chi connectivity index (χ1v) is 30.8. The van der Waals surface area contributed by atoms with E-state index in [2.05, 4.69) is 334 Å². The van der Waals surface area contributed by atoms with E-state index in [0.717, 1.165) is 94.4 Å². The number of aromatic nitrogens is 6. The Morgan fingerprint density at radius 2 is 0.533 bits per heavy atom. The second-order valence-electron chi connectivity index (χ2n) is 23.7. The summed E-state index contributed by atoms with van der Waals surface area (Å²) in [5, 5.41) is 12.9. The number of hydrogen-bond acceptors (Lipinski definition) is 2. The predicted molar refractivity (Wildman–Crippen MR) is 376 cm³/mol. The molecule has 0 N–H and O–H groups in total. The summed E-state index contributed by atoms with van der Waals surface area (Å²) in [7, 11) is 0. The van der Waals surface area contributed by atoms with Crippen LogP contribution in [0.3, 0.4) is 0 Å². The highest BCUT2D eigenvalue weighted by atomic mass is 15.0. The van der Waals surface area contributed by atoms with Crippen molar-refractivity contribution in [1.29, 1.82) is 0 Å². The van der Waals surface area contributed by atoms with Crippen molar-refractivity contribution in [1.82, 2.24) is 28.2 Å².